The number of benzene rings is 1. The zero-order valence-electron chi connectivity index (χ0n) is 12.7. The minimum absolute atomic E-state index is 0.0158. The Hall–Kier alpha value is -3.16. The monoisotopic (exact) mass is 343 g/mol. The van der Waals surface area contributed by atoms with Crippen LogP contribution in [0.2, 0.25) is 0 Å². The highest BCUT2D eigenvalue weighted by Crippen LogP contribution is 2.38. The summed E-state index contributed by atoms with van der Waals surface area (Å²) in [5, 5.41) is 9.20. The molecule has 126 valence electrons. The summed E-state index contributed by atoms with van der Waals surface area (Å²) >= 11 is 0. The fourth-order valence-corrected chi connectivity index (χ4v) is 2.80. The predicted octanol–water partition coefficient (Wildman–Crippen LogP) is 2.77. The molecule has 1 N–H and O–H groups in total. The highest BCUT2D eigenvalue weighted by molar-refractivity contribution is 5.93. The van der Waals surface area contributed by atoms with Crippen molar-refractivity contribution in [1.82, 2.24) is 14.5 Å². The van der Waals surface area contributed by atoms with E-state index in [1.54, 1.807) is 4.57 Å². The number of hydrogen-bond donors (Lipinski definition) is 1. The first-order valence-corrected chi connectivity index (χ1v) is 7.55. The Labute approximate surface area is 139 Å². The molecule has 1 aliphatic carbocycles. The molecule has 1 fully saturated rings. The Morgan fingerprint density at radius 1 is 1.20 bits per heavy atom. The Morgan fingerprint density at radius 3 is 2.48 bits per heavy atom. The van der Waals surface area contributed by atoms with Crippen molar-refractivity contribution in [2.75, 3.05) is 0 Å². The maximum atomic E-state index is 14.5. The van der Waals surface area contributed by atoms with Crippen LogP contribution >= 0.6 is 0 Å². The first-order chi connectivity index (χ1) is 12.0. The molecule has 1 aliphatic rings. The number of pyridine rings is 1. The SMILES string of the molecule is O=C(O)c1cn(C2CC2)c2cc(-c3ncc(F)cn3)c(F)cc2c1=O. The molecule has 0 aliphatic heterocycles. The number of fused-ring (bicyclic) bond motifs is 1. The Kier molecular flexibility index (Phi) is 3.34. The third-order valence-electron chi connectivity index (χ3n) is 4.15. The van der Waals surface area contributed by atoms with Gasteiger partial charge in [0.1, 0.15) is 11.4 Å². The molecular formula is C17H11F2N3O3. The van der Waals surface area contributed by atoms with Crippen LogP contribution in [0.1, 0.15) is 29.2 Å². The quantitative estimate of drug-likeness (QED) is 0.790. The summed E-state index contributed by atoms with van der Waals surface area (Å²) in [5.74, 6) is -2.79. The minimum Gasteiger partial charge on any atom is -0.477 e. The first-order valence-electron chi connectivity index (χ1n) is 7.55. The zero-order valence-corrected chi connectivity index (χ0v) is 12.7. The van der Waals surface area contributed by atoms with Crippen molar-refractivity contribution in [1.29, 1.82) is 0 Å². The Balaban J connectivity index is 2.03. The molecular weight excluding hydrogens is 332 g/mol. The molecule has 6 nitrogen and oxygen atoms in total. The molecule has 1 aromatic carbocycles. The molecule has 3 aromatic rings. The summed E-state index contributed by atoms with van der Waals surface area (Å²) in [6, 6.07) is 2.46. The van der Waals surface area contributed by atoms with Gasteiger partial charge in [0.2, 0.25) is 5.43 Å². The van der Waals surface area contributed by atoms with Gasteiger partial charge >= 0.3 is 5.97 Å². The summed E-state index contributed by atoms with van der Waals surface area (Å²) < 4.78 is 29.2. The van der Waals surface area contributed by atoms with Gasteiger partial charge in [0, 0.05) is 17.6 Å². The molecule has 0 radical (unpaired) electrons. The smallest absolute Gasteiger partial charge is 0.341 e. The number of hydrogen-bond acceptors (Lipinski definition) is 4. The van der Waals surface area contributed by atoms with Gasteiger partial charge in [0.15, 0.2) is 11.6 Å². The van der Waals surface area contributed by atoms with Crippen molar-refractivity contribution >= 4 is 16.9 Å². The lowest BCUT2D eigenvalue weighted by atomic mass is 10.1. The second-order valence-corrected chi connectivity index (χ2v) is 5.89. The molecule has 2 aromatic heterocycles. The molecule has 8 heteroatoms. The van der Waals surface area contributed by atoms with Crippen LogP contribution in [0, 0.1) is 11.6 Å². The van der Waals surface area contributed by atoms with E-state index in [0.29, 0.717) is 5.52 Å². The summed E-state index contributed by atoms with van der Waals surface area (Å²) in [5.41, 5.74) is -0.722. The number of carboxylic acids is 1. The number of aromatic carboxylic acids is 1. The van der Waals surface area contributed by atoms with Crippen LogP contribution in [0.25, 0.3) is 22.3 Å². The predicted molar refractivity (Wildman–Crippen MR) is 84.4 cm³/mol. The molecule has 0 unspecified atom stereocenters. The van der Waals surface area contributed by atoms with Crippen molar-refractivity contribution < 1.29 is 18.7 Å². The number of aromatic nitrogens is 3. The normalized spacial score (nSPS) is 14.0. The van der Waals surface area contributed by atoms with Crippen LogP contribution in [0.4, 0.5) is 8.78 Å². The molecule has 0 saturated heterocycles. The van der Waals surface area contributed by atoms with E-state index >= 15 is 0 Å². The average Bonchev–Trinajstić information content (AvgIpc) is 3.41. The van der Waals surface area contributed by atoms with Crippen molar-refractivity contribution in [3.63, 3.8) is 0 Å². The fourth-order valence-electron chi connectivity index (χ4n) is 2.80. The number of nitrogens with zero attached hydrogens (tertiary/aromatic N) is 3. The molecule has 0 bridgehead atoms. The van der Waals surface area contributed by atoms with Crippen LogP contribution in [0.15, 0.2) is 35.5 Å². The summed E-state index contributed by atoms with van der Waals surface area (Å²) in [7, 11) is 0. The average molecular weight is 343 g/mol. The van der Waals surface area contributed by atoms with Gasteiger partial charge in [-0.3, -0.25) is 4.79 Å². The lowest BCUT2D eigenvalue weighted by molar-refractivity contribution is 0.0695. The minimum atomic E-state index is -1.35. The molecule has 1 saturated carbocycles. The van der Waals surface area contributed by atoms with Crippen molar-refractivity contribution in [3.8, 4) is 11.4 Å². The lowest BCUT2D eigenvalue weighted by Crippen LogP contribution is -2.19. The van der Waals surface area contributed by atoms with Crippen LogP contribution in [0.5, 0.6) is 0 Å². The fraction of sp³-hybridized carbons (Fsp3) is 0.176. The third-order valence-corrected chi connectivity index (χ3v) is 4.15. The van der Waals surface area contributed by atoms with Gasteiger partial charge < -0.3 is 9.67 Å². The molecule has 4 rings (SSSR count). The number of carbonyl (C=O) groups is 1. The van der Waals surface area contributed by atoms with E-state index in [-0.39, 0.29) is 22.8 Å². The van der Waals surface area contributed by atoms with Gasteiger partial charge in [-0.05, 0) is 25.0 Å². The van der Waals surface area contributed by atoms with Gasteiger partial charge in [0.25, 0.3) is 0 Å². The van der Waals surface area contributed by atoms with E-state index in [1.807, 2.05) is 0 Å². The van der Waals surface area contributed by atoms with Gasteiger partial charge in [-0.1, -0.05) is 0 Å². The topological polar surface area (TPSA) is 85.1 Å². The van der Waals surface area contributed by atoms with E-state index in [0.717, 1.165) is 31.3 Å². The maximum Gasteiger partial charge on any atom is 0.341 e. The maximum absolute atomic E-state index is 14.5. The van der Waals surface area contributed by atoms with Crippen molar-refractivity contribution in [3.05, 3.63) is 58.1 Å². The van der Waals surface area contributed by atoms with Crippen LogP contribution in [0.3, 0.4) is 0 Å². The van der Waals surface area contributed by atoms with Crippen LogP contribution < -0.4 is 5.43 Å². The van der Waals surface area contributed by atoms with Gasteiger partial charge in [-0.15, -0.1) is 0 Å². The molecule has 2 heterocycles. The highest BCUT2D eigenvalue weighted by atomic mass is 19.1. The van der Waals surface area contributed by atoms with Gasteiger partial charge in [0.05, 0.1) is 23.5 Å². The number of rotatable bonds is 3. The van der Waals surface area contributed by atoms with E-state index in [1.165, 1.54) is 12.3 Å². The Bertz CT molecular complexity index is 1070. The zero-order chi connectivity index (χ0) is 17.7. The Morgan fingerprint density at radius 2 is 1.88 bits per heavy atom. The number of halogens is 2. The highest BCUT2D eigenvalue weighted by Gasteiger charge is 2.27. The van der Waals surface area contributed by atoms with Gasteiger partial charge in [-0.25, -0.2) is 23.5 Å². The molecule has 0 atom stereocenters. The second-order valence-electron chi connectivity index (χ2n) is 5.89. The van der Waals surface area contributed by atoms with E-state index in [4.69, 9.17) is 0 Å². The van der Waals surface area contributed by atoms with E-state index in [2.05, 4.69) is 9.97 Å². The molecule has 0 amide bonds. The van der Waals surface area contributed by atoms with Crippen LogP contribution in [-0.2, 0) is 0 Å². The summed E-state index contributed by atoms with van der Waals surface area (Å²) in [6.45, 7) is 0. The first kappa shape index (κ1) is 15.4. The lowest BCUT2D eigenvalue weighted by Gasteiger charge is -2.13. The second kappa shape index (κ2) is 5.44. The summed E-state index contributed by atoms with van der Waals surface area (Å²) in [6.07, 6.45) is 4.83. The summed E-state index contributed by atoms with van der Waals surface area (Å²) in [4.78, 5) is 31.2. The third kappa shape index (κ3) is 2.55. The van der Waals surface area contributed by atoms with Crippen molar-refractivity contribution in [2.45, 2.75) is 18.9 Å². The molecule has 25 heavy (non-hydrogen) atoms. The largest absolute Gasteiger partial charge is 0.477 e. The standard InChI is InChI=1S/C17H11F2N3O3/c18-8-5-20-16(21-6-8)10-4-14-11(3-13(10)19)15(23)12(17(24)25)7-22(14)9-1-2-9/h3-7,9H,1-2H2,(H,24,25). The van der Waals surface area contributed by atoms with E-state index < -0.39 is 28.6 Å². The van der Waals surface area contributed by atoms with Crippen molar-refractivity contribution in [2.24, 2.45) is 0 Å². The molecule has 0 spiro atoms. The van der Waals surface area contributed by atoms with Gasteiger partial charge in [-0.2, -0.15) is 0 Å². The van der Waals surface area contributed by atoms with E-state index in [9.17, 15) is 23.5 Å². The van der Waals surface area contributed by atoms with Crippen LogP contribution in [-0.4, -0.2) is 25.6 Å². The number of carboxylic acid groups (broad SMARTS) is 1.